The van der Waals surface area contributed by atoms with Crippen molar-refractivity contribution >= 4 is 17.7 Å². The van der Waals surface area contributed by atoms with E-state index in [4.69, 9.17) is 57.1 Å². The molecule has 0 radical (unpaired) electrons. The number of nitrogens with two attached hydrogens (primary N) is 5. The summed E-state index contributed by atoms with van der Waals surface area (Å²) in [6, 6.07) is -5.40. The molecule has 1 aliphatic carbocycles. The molecule has 0 aromatic rings. The minimum absolute atomic E-state index is 0.0121. The first kappa shape index (κ1) is 85.4. The second-order valence-electron chi connectivity index (χ2n) is 26.5. The molecule has 0 aromatic carbocycles. The van der Waals surface area contributed by atoms with Crippen LogP contribution in [-0.4, -0.2) is 226 Å². The normalized spacial score (nSPS) is 27.6. The SMILES string of the molecule is CCCCCCCC/C=C\CCCCCCCCN(CCCCCCCC/C=C\CCCCCCCC)C(=O)CCC(=O)NCCCC[C@H](N)C(=O)NCC1O[C@H](OC(CO)[C@@H](CO)OCOC2C(O)[C@H](N)CC(N)[C@H]2O[C@H]2OC(CO)[C@@H](O)C(O)C2N)C(N)C(O)[C@@H]1O. The lowest BCUT2D eigenvalue weighted by molar-refractivity contribution is -0.306. The van der Waals surface area contributed by atoms with Crippen molar-refractivity contribution < 1.29 is 83.7 Å². The molecule has 1 saturated carbocycles. The molecular weight excluding hydrogens is 1210 g/mol. The Hall–Kier alpha value is -2.87. The van der Waals surface area contributed by atoms with Crippen LogP contribution in [0.2, 0.25) is 0 Å². The molecule has 20 N–H and O–H groups in total. The Morgan fingerprint density at radius 1 is 0.543 bits per heavy atom. The Morgan fingerprint density at radius 3 is 1.53 bits per heavy atom. The molecular formula is C69H132N8O17. The van der Waals surface area contributed by atoms with Gasteiger partial charge in [-0.15, -0.1) is 0 Å². The zero-order valence-electron chi connectivity index (χ0n) is 57.5. The fraction of sp³-hybridized carbons (Fsp3) is 0.899. The molecule has 2 aliphatic heterocycles. The van der Waals surface area contributed by atoms with E-state index in [1.807, 2.05) is 4.90 Å². The van der Waals surface area contributed by atoms with Crippen LogP contribution in [0.3, 0.4) is 0 Å². The van der Waals surface area contributed by atoms with Crippen molar-refractivity contribution in [2.24, 2.45) is 28.7 Å². The van der Waals surface area contributed by atoms with Gasteiger partial charge in [-0.05, 0) is 89.9 Å². The maximum Gasteiger partial charge on any atom is 0.237 e. The fourth-order valence-corrected chi connectivity index (χ4v) is 12.3. The van der Waals surface area contributed by atoms with E-state index in [0.29, 0.717) is 32.5 Å². The van der Waals surface area contributed by atoms with Gasteiger partial charge >= 0.3 is 0 Å². The zero-order chi connectivity index (χ0) is 68.9. The van der Waals surface area contributed by atoms with Gasteiger partial charge in [-0.3, -0.25) is 14.4 Å². The number of hydrogen-bond acceptors (Lipinski definition) is 22. The van der Waals surface area contributed by atoms with Crippen molar-refractivity contribution in [1.82, 2.24) is 15.5 Å². The van der Waals surface area contributed by atoms with E-state index < -0.39 is 142 Å². The predicted octanol–water partition coefficient (Wildman–Crippen LogP) is 3.84. The molecule has 18 atom stereocenters. The molecule has 0 aromatic heterocycles. The highest BCUT2D eigenvalue weighted by molar-refractivity contribution is 5.83. The third kappa shape index (κ3) is 33.8. The topological polar surface area (TPSA) is 426 Å². The number of rotatable bonds is 55. The Bertz CT molecular complexity index is 1950. The summed E-state index contributed by atoms with van der Waals surface area (Å²) in [6.45, 7) is 3.04. The molecule has 3 aliphatic rings. The maximum atomic E-state index is 13.6. The quantitative estimate of drug-likeness (QED) is 0.0234. The minimum Gasteiger partial charge on any atom is -0.394 e. The molecule has 94 heavy (non-hydrogen) atoms. The molecule has 0 bridgehead atoms. The van der Waals surface area contributed by atoms with Crippen LogP contribution in [0.15, 0.2) is 24.3 Å². The number of carbonyl (C=O) groups is 3. The van der Waals surface area contributed by atoms with Gasteiger partial charge in [0.25, 0.3) is 0 Å². The monoisotopic (exact) mass is 1340 g/mol. The van der Waals surface area contributed by atoms with E-state index in [-0.39, 0.29) is 44.0 Å². The highest BCUT2D eigenvalue weighted by Crippen LogP contribution is 2.30. The van der Waals surface area contributed by atoms with Crippen LogP contribution in [0.1, 0.15) is 232 Å². The van der Waals surface area contributed by atoms with Crippen molar-refractivity contribution in [3.8, 4) is 0 Å². The molecule has 25 nitrogen and oxygen atoms in total. The lowest BCUT2D eigenvalue weighted by atomic mass is 9.84. The molecule has 3 rings (SSSR count). The number of unbranched alkanes of at least 4 members (excludes halogenated alkanes) is 25. The lowest BCUT2D eigenvalue weighted by Crippen LogP contribution is -2.67. The van der Waals surface area contributed by atoms with E-state index in [2.05, 4.69) is 48.8 Å². The van der Waals surface area contributed by atoms with E-state index in [1.54, 1.807) is 0 Å². The summed E-state index contributed by atoms with van der Waals surface area (Å²) in [5.41, 5.74) is 31.0. The Morgan fingerprint density at radius 2 is 1.02 bits per heavy atom. The number of nitrogens with one attached hydrogen (secondary N) is 2. The highest BCUT2D eigenvalue weighted by Gasteiger charge is 2.50. The number of ether oxygens (including phenoxy) is 6. The van der Waals surface area contributed by atoms with Crippen molar-refractivity contribution in [2.75, 3.05) is 52.8 Å². The van der Waals surface area contributed by atoms with Gasteiger partial charge in [0.2, 0.25) is 17.7 Å². The van der Waals surface area contributed by atoms with Gasteiger partial charge in [0, 0.05) is 51.1 Å². The fourth-order valence-electron chi connectivity index (χ4n) is 12.3. The maximum absolute atomic E-state index is 13.6. The van der Waals surface area contributed by atoms with Crippen LogP contribution in [0.5, 0.6) is 0 Å². The number of allylic oxidation sites excluding steroid dienone is 4. The van der Waals surface area contributed by atoms with Crippen molar-refractivity contribution in [1.29, 1.82) is 0 Å². The van der Waals surface area contributed by atoms with Gasteiger partial charge < -0.3 is 113 Å². The average Bonchev–Trinajstić information content (AvgIpc) is 0.861. The number of carbonyl (C=O) groups excluding carboxylic acids is 3. The molecule has 550 valence electrons. The van der Waals surface area contributed by atoms with E-state index in [0.717, 1.165) is 51.4 Å². The van der Waals surface area contributed by atoms with Crippen molar-refractivity contribution in [2.45, 2.75) is 342 Å². The number of nitrogens with zero attached hydrogens (tertiary/aromatic N) is 1. The van der Waals surface area contributed by atoms with Crippen molar-refractivity contribution in [3.63, 3.8) is 0 Å². The van der Waals surface area contributed by atoms with Crippen LogP contribution in [0.4, 0.5) is 0 Å². The number of hydrogen-bond donors (Lipinski definition) is 15. The van der Waals surface area contributed by atoms with Crippen LogP contribution in [-0.2, 0) is 42.8 Å². The first-order chi connectivity index (χ1) is 45.4. The third-order valence-corrected chi connectivity index (χ3v) is 18.5. The van der Waals surface area contributed by atoms with Gasteiger partial charge in [0.05, 0.1) is 44.1 Å². The average molecular weight is 1350 g/mol. The van der Waals surface area contributed by atoms with Crippen molar-refractivity contribution in [3.05, 3.63) is 24.3 Å². The summed E-state index contributed by atoms with van der Waals surface area (Å²) in [5.74, 6) is -0.774. The smallest absolute Gasteiger partial charge is 0.237 e. The van der Waals surface area contributed by atoms with E-state index in [1.165, 1.54) is 128 Å². The Kier molecular flexibility index (Phi) is 47.4. The predicted molar refractivity (Wildman–Crippen MR) is 362 cm³/mol. The standard InChI is InChI=1S/C69H132N8O17/c1-3-5-7-9-11-13-15-17-19-21-23-25-27-29-31-35-41-77(42-36-32-30-28-26-24-22-20-18-16-14-12-10-8-6-4-2)57(82)39-38-56(81)75-40-34-33-37-49(70)67(88)76-44-52-61(84)63(86)58(73)68(91-52)92-54(46-79)53(45-78)89-48-90-66-60(83)50(71)43-51(72)65(66)94-69-59(74)64(87)62(85)55(47-80)93-69/h17-20,49-55,58-66,68-69,78-80,83-87H,3-16,21-48,70-74H2,1-2H3,(H,75,81)(H,76,88)/b19-17-,20-18-/t49-,50+,51?,52?,53+,54?,55?,58?,59?,60?,61+,62+,63?,64?,65+,66?,68+,69+/m0/s1. The Labute approximate surface area is 562 Å². The van der Waals surface area contributed by atoms with Gasteiger partial charge in [-0.2, -0.15) is 0 Å². The van der Waals surface area contributed by atoms with Gasteiger partial charge in [0.1, 0.15) is 67.8 Å². The van der Waals surface area contributed by atoms with Crippen LogP contribution >= 0.6 is 0 Å². The molecule has 2 saturated heterocycles. The first-order valence-corrected chi connectivity index (χ1v) is 36.4. The summed E-state index contributed by atoms with van der Waals surface area (Å²) in [7, 11) is 0. The third-order valence-electron chi connectivity index (χ3n) is 18.5. The number of aliphatic hydroxyl groups excluding tert-OH is 8. The molecule has 10 unspecified atom stereocenters. The summed E-state index contributed by atoms with van der Waals surface area (Å²) in [6.07, 6.45) is 26.9. The van der Waals surface area contributed by atoms with E-state index >= 15 is 0 Å². The molecule has 3 fully saturated rings. The van der Waals surface area contributed by atoms with Gasteiger partial charge in [-0.25, -0.2) is 0 Å². The summed E-state index contributed by atoms with van der Waals surface area (Å²) < 4.78 is 35.0. The number of amides is 3. The Balaban J connectivity index is 1.40. The molecule has 25 heteroatoms. The molecule has 2 heterocycles. The van der Waals surface area contributed by atoms with E-state index in [9.17, 15) is 55.2 Å². The highest BCUT2D eigenvalue weighted by atomic mass is 16.7. The molecule has 0 spiro atoms. The van der Waals surface area contributed by atoms with Gasteiger partial charge in [0.15, 0.2) is 12.6 Å². The summed E-state index contributed by atoms with van der Waals surface area (Å²) in [5, 5.41) is 89.5. The van der Waals surface area contributed by atoms with Crippen LogP contribution < -0.4 is 39.3 Å². The summed E-state index contributed by atoms with van der Waals surface area (Å²) in [4.78, 5) is 41.7. The number of aliphatic hydroxyl groups is 8. The van der Waals surface area contributed by atoms with Crippen LogP contribution in [0.25, 0.3) is 0 Å². The second-order valence-corrected chi connectivity index (χ2v) is 26.5. The lowest BCUT2D eigenvalue weighted by Gasteiger charge is -2.46. The minimum atomic E-state index is -1.63. The zero-order valence-corrected chi connectivity index (χ0v) is 57.5. The van der Waals surface area contributed by atoms with Crippen LogP contribution in [0, 0.1) is 0 Å². The van der Waals surface area contributed by atoms with Gasteiger partial charge in [-0.1, -0.05) is 154 Å². The summed E-state index contributed by atoms with van der Waals surface area (Å²) >= 11 is 0. The molecule has 3 amide bonds. The largest absolute Gasteiger partial charge is 0.394 e. The second kappa shape index (κ2) is 52.2. The first-order valence-electron chi connectivity index (χ1n) is 36.4.